The lowest BCUT2D eigenvalue weighted by Crippen LogP contribution is -2.67. The van der Waals surface area contributed by atoms with Gasteiger partial charge in [-0.3, -0.25) is 4.79 Å². The van der Waals surface area contributed by atoms with Crippen LogP contribution in [0.3, 0.4) is 0 Å². The Labute approximate surface area is 126 Å². The molecule has 1 atom stereocenters. The quantitative estimate of drug-likeness (QED) is 0.738. The Hall–Kier alpha value is -2.03. The first-order valence-electron chi connectivity index (χ1n) is 7.36. The maximum absolute atomic E-state index is 12.9. The van der Waals surface area contributed by atoms with Gasteiger partial charge in [-0.05, 0) is 38.5 Å². The van der Waals surface area contributed by atoms with Crippen molar-refractivity contribution in [1.82, 2.24) is 9.80 Å². The van der Waals surface area contributed by atoms with Gasteiger partial charge in [0.05, 0.1) is 6.04 Å². The molecule has 0 saturated carbocycles. The number of β-lactam (4-membered cyclic amide) rings is 1. The SMILES string of the molecule is CN1C=CC2(C=C1)C(=O)N(C(C)(C)C)C2c1ccccc1. The Morgan fingerprint density at radius 1 is 1.05 bits per heavy atom. The number of amides is 1. The lowest BCUT2D eigenvalue weighted by molar-refractivity contribution is -0.172. The van der Waals surface area contributed by atoms with Crippen LogP contribution in [0, 0.1) is 5.41 Å². The molecule has 0 aromatic heterocycles. The van der Waals surface area contributed by atoms with Gasteiger partial charge in [0.25, 0.3) is 0 Å². The summed E-state index contributed by atoms with van der Waals surface area (Å²) in [5.74, 6) is 0.185. The van der Waals surface area contributed by atoms with E-state index in [1.807, 2.05) is 59.6 Å². The van der Waals surface area contributed by atoms with Crippen LogP contribution in [0.2, 0.25) is 0 Å². The predicted molar refractivity (Wildman–Crippen MR) is 84.3 cm³/mol. The molecule has 1 saturated heterocycles. The first-order chi connectivity index (χ1) is 9.86. The summed E-state index contributed by atoms with van der Waals surface area (Å²) in [4.78, 5) is 16.9. The van der Waals surface area contributed by atoms with Crippen molar-refractivity contribution >= 4 is 5.91 Å². The van der Waals surface area contributed by atoms with Gasteiger partial charge in [0.1, 0.15) is 5.41 Å². The molecule has 3 heteroatoms. The zero-order valence-electron chi connectivity index (χ0n) is 13.1. The van der Waals surface area contributed by atoms with Crippen LogP contribution in [0.4, 0.5) is 0 Å². The number of likely N-dealkylation sites (tertiary alicyclic amines) is 1. The standard InChI is InChI=1S/C18H22N2O/c1-17(2,3)20-15(14-8-6-5-7-9-14)18(16(20)21)10-12-19(4)13-11-18/h5-13,15H,1-4H3. The molecule has 1 amide bonds. The van der Waals surface area contributed by atoms with Gasteiger partial charge in [0.15, 0.2) is 0 Å². The average Bonchev–Trinajstić information content (AvgIpc) is 2.44. The van der Waals surface area contributed by atoms with Crippen molar-refractivity contribution in [3.63, 3.8) is 0 Å². The highest BCUT2D eigenvalue weighted by atomic mass is 16.2. The van der Waals surface area contributed by atoms with E-state index < -0.39 is 5.41 Å². The molecule has 21 heavy (non-hydrogen) atoms. The second-order valence-corrected chi connectivity index (χ2v) is 6.89. The van der Waals surface area contributed by atoms with Crippen molar-refractivity contribution in [1.29, 1.82) is 0 Å². The third-order valence-corrected chi connectivity index (χ3v) is 4.31. The molecule has 0 N–H and O–H groups in total. The molecule has 1 aromatic rings. The molecule has 0 radical (unpaired) electrons. The predicted octanol–water partition coefficient (Wildman–Crippen LogP) is 3.33. The molecule has 1 unspecified atom stereocenters. The molecule has 1 spiro atoms. The van der Waals surface area contributed by atoms with E-state index in [1.54, 1.807) is 0 Å². The molecule has 2 heterocycles. The normalized spacial score (nSPS) is 23.6. The van der Waals surface area contributed by atoms with Gasteiger partial charge in [0.2, 0.25) is 5.91 Å². The number of carbonyl (C=O) groups excluding carboxylic acids is 1. The molecular weight excluding hydrogens is 260 g/mol. The van der Waals surface area contributed by atoms with Crippen LogP contribution in [0.5, 0.6) is 0 Å². The van der Waals surface area contributed by atoms with Crippen LogP contribution in [-0.2, 0) is 4.79 Å². The summed E-state index contributed by atoms with van der Waals surface area (Å²) >= 11 is 0. The van der Waals surface area contributed by atoms with Gasteiger partial charge in [-0.15, -0.1) is 0 Å². The summed E-state index contributed by atoms with van der Waals surface area (Å²) in [6.45, 7) is 6.28. The zero-order chi connectivity index (χ0) is 15.3. The Morgan fingerprint density at radius 2 is 1.62 bits per heavy atom. The van der Waals surface area contributed by atoms with E-state index in [4.69, 9.17) is 0 Å². The highest BCUT2D eigenvalue weighted by molar-refractivity contribution is 5.95. The van der Waals surface area contributed by atoms with E-state index in [2.05, 4.69) is 32.9 Å². The Balaban J connectivity index is 2.08. The van der Waals surface area contributed by atoms with Crippen LogP contribution in [-0.4, -0.2) is 28.3 Å². The molecule has 110 valence electrons. The summed E-state index contributed by atoms with van der Waals surface area (Å²) in [5.41, 5.74) is 0.473. The van der Waals surface area contributed by atoms with Crippen molar-refractivity contribution in [3.05, 3.63) is 60.4 Å². The van der Waals surface area contributed by atoms with Gasteiger partial charge in [-0.2, -0.15) is 0 Å². The van der Waals surface area contributed by atoms with Crippen molar-refractivity contribution in [2.75, 3.05) is 7.05 Å². The maximum atomic E-state index is 12.9. The highest BCUT2D eigenvalue weighted by Crippen LogP contribution is 2.55. The topological polar surface area (TPSA) is 23.6 Å². The second-order valence-electron chi connectivity index (χ2n) is 6.89. The van der Waals surface area contributed by atoms with Crippen LogP contribution >= 0.6 is 0 Å². The van der Waals surface area contributed by atoms with Crippen molar-refractivity contribution in [2.45, 2.75) is 32.4 Å². The zero-order valence-corrected chi connectivity index (χ0v) is 13.1. The number of hydrogen-bond acceptors (Lipinski definition) is 2. The highest BCUT2D eigenvalue weighted by Gasteiger charge is 2.61. The van der Waals surface area contributed by atoms with Crippen molar-refractivity contribution in [3.8, 4) is 0 Å². The molecule has 1 fully saturated rings. The third kappa shape index (κ3) is 1.99. The number of nitrogens with zero attached hydrogens (tertiary/aromatic N) is 2. The third-order valence-electron chi connectivity index (χ3n) is 4.31. The van der Waals surface area contributed by atoms with Crippen molar-refractivity contribution < 1.29 is 4.79 Å². The number of hydrogen-bond donors (Lipinski definition) is 0. The smallest absolute Gasteiger partial charge is 0.240 e. The van der Waals surface area contributed by atoms with Gasteiger partial charge >= 0.3 is 0 Å². The van der Waals surface area contributed by atoms with Gasteiger partial charge in [-0.1, -0.05) is 30.3 Å². The van der Waals surface area contributed by atoms with Crippen LogP contribution < -0.4 is 0 Å². The molecule has 1 aromatic carbocycles. The largest absolute Gasteiger partial charge is 0.358 e. The molecular formula is C18H22N2O. The lowest BCUT2D eigenvalue weighted by atomic mass is 9.65. The molecule has 0 bridgehead atoms. The fourth-order valence-corrected chi connectivity index (χ4v) is 3.25. The Bertz CT molecular complexity index is 596. The van der Waals surface area contributed by atoms with E-state index in [0.717, 1.165) is 0 Å². The lowest BCUT2D eigenvalue weighted by Gasteiger charge is -2.59. The maximum Gasteiger partial charge on any atom is 0.240 e. The summed E-state index contributed by atoms with van der Waals surface area (Å²) in [6, 6.07) is 10.4. The van der Waals surface area contributed by atoms with E-state index in [-0.39, 0.29) is 17.5 Å². The Morgan fingerprint density at radius 3 is 2.14 bits per heavy atom. The fourth-order valence-electron chi connectivity index (χ4n) is 3.25. The van der Waals surface area contributed by atoms with Crippen LogP contribution in [0.1, 0.15) is 32.4 Å². The number of benzene rings is 1. The number of carbonyl (C=O) groups is 1. The molecule has 3 rings (SSSR count). The van der Waals surface area contributed by atoms with Gasteiger partial charge in [-0.25, -0.2) is 0 Å². The second kappa shape index (κ2) is 4.48. The average molecular weight is 282 g/mol. The van der Waals surface area contributed by atoms with Crippen molar-refractivity contribution in [2.24, 2.45) is 5.41 Å². The first-order valence-corrected chi connectivity index (χ1v) is 7.36. The van der Waals surface area contributed by atoms with E-state index >= 15 is 0 Å². The summed E-state index contributed by atoms with van der Waals surface area (Å²) in [5, 5.41) is 0. The Kier molecular flexibility index (Phi) is 2.97. The fraction of sp³-hybridized carbons (Fsp3) is 0.389. The summed E-state index contributed by atoms with van der Waals surface area (Å²) < 4.78 is 0. The molecule has 2 aliphatic heterocycles. The van der Waals surface area contributed by atoms with Gasteiger partial charge < -0.3 is 9.80 Å². The minimum absolute atomic E-state index is 0.0624. The minimum atomic E-state index is -0.527. The minimum Gasteiger partial charge on any atom is -0.358 e. The first kappa shape index (κ1) is 13.9. The summed E-state index contributed by atoms with van der Waals surface area (Å²) in [6.07, 6.45) is 8.03. The molecule has 3 nitrogen and oxygen atoms in total. The van der Waals surface area contributed by atoms with E-state index in [1.165, 1.54) is 5.56 Å². The number of rotatable bonds is 1. The van der Waals surface area contributed by atoms with E-state index in [0.29, 0.717) is 0 Å². The van der Waals surface area contributed by atoms with E-state index in [9.17, 15) is 4.79 Å². The van der Waals surface area contributed by atoms with Crippen LogP contribution in [0.15, 0.2) is 54.9 Å². The van der Waals surface area contributed by atoms with Crippen LogP contribution in [0.25, 0.3) is 0 Å². The summed E-state index contributed by atoms with van der Waals surface area (Å²) in [7, 11) is 1.97. The monoisotopic (exact) mass is 282 g/mol. The molecule has 0 aliphatic carbocycles. The van der Waals surface area contributed by atoms with Gasteiger partial charge in [0, 0.05) is 25.0 Å². The molecule has 2 aliphatic rings.